The molecule has 2 aromatic carbocycles. The lowest BCUT2D eigenvalue weighted by atomic mass is 9.84. The molecule has 1 aliphatic carbocycles. The summed E-state index contributed by atoms with van der Waals surface area (Å²) in [6.45, 7) is 0. The van der Waals surface area contributed by atoms with Gasteiger partial charge in [-0.3, -0.25) is 9.59 Å². The largest absolute Gasteiger partial charge is 0.464 e. The van der Waals surface area contributed by atoms with E-state index in [-0.39, 0.29) is 39.6 Å². The molecule has 136 valence electrons. The van der Waals surface area contributed by atoms with E-state index in [2.05, 4.69) is 0 Å². The molecule has 0 atom stereocenters. The van der Waals surface area contributed by atoms with Gasteiger partial charge in [-0.15, -0.1) is 0 Å². The van der Waals surface area contributed by atoms with Gasteiger partial charge in [0.2, 0.25) is 0 Å². The molecule has 1 aromatic heterocycles. The van der Waals surface area contributed by atoms with E-state index < -0.39 is 5.97 Å². The molecule has 3 aromatic rings. The summed E-state index contributed by atoms with van der Waals surface area (Å²) in [5, 5.41) is 9.24. The molecule has 7 heteroatoms. The van der Waals surface area contributed by atoms with Crippen molar-refractivity contribution in [2.75, 3.05) is 12.8 Å². The van der Waals surface area contributed by atoms with Gasteiger partial charge in [-0.1, -0.05) is 24.3 Å². The van der Waals surface area contributed by atoms with Crippen molar-refractivity contribution < 1.29 is 19.1 Å². The number of nitrogens with zero attached hydrogens (tertiary/aromatic N) is 2. The summed E-state index contributed by atoms with van der Waals surface area (Å²) in [4.78, 5) is 37.8. The number of nitrogens with two attached hydrogens (primary N) is 1. The second-order valence-corrected chi connectivity index (χ2v) is 6.21. The van der Waals surface area contributed by atoms with E-state index in [9.17, 15) is 19.6 Å². The average Bonchev–Trinajstić information content (AvgIpc) is 3.07. The number of hydrogen-bond acceptors (Lipinski definition) is 6. The van der Waals surface area contributed by atoms with Gasteiger partial charge < -0.3 is 15.0 Å². The number of methoxy groups -OCH3 is 1. The Balaban J connectivity index is 1.92. The minimum absolute atomic E-state index is 0.0141. The van der Waals surface area contributed by atoms with Crippen LogP contribution in [-0.2, 0) is 4.74 Å². The van der Waals surface area contributed by atoms with Crippen molar-refractivity contribution in [3.05, 3.63) is 82.2 Å². The molecular formula is C21H13N3O4. The summed E-state index contributed by atoms with van der Waals surface area (Å²) in [5.41, 5.74) is 7.59. The number of benzene rings is 2. The van der Waals surface area contributed by atoms with Gasteiger partial charge >= 0.3 is 5.97 Å². The van der Waals surface area contributed by atoms with Gasteiger partial charge in [0.15, 0.2) is 17.3 Å². The van der Waals surface area contributed by atoms with E-state index in [1.165, 1.54) is 30.0 Å². The summed E-state index contributed by atoms with van der Waals surface area (Å²) in [6, 6.07) is 13.2. The number of ketones is 2. The Labute approximate surface area is 159 Å². The molecule has 0 aliphatic heterocycles. The molecule has 0 saturated carbocycles. The molecule has 0 unspecified atom stereocenters. The molecule has 0 bridgehead atoms. The average molecular weight is 371 g/mol. The highest BCUT2D eigenvalue weighted by atomic mass is 16.5. The first-order valence-corrected chi connectivity index (χ1v) is 8.30. The highest BCUT2D eigenvalue weighted by Crippen LogP contribution is 2.31. The van der Waals surface area contributed by atoms with Gasteiger partial charge in [0.25, 0.3) is 0 Å². The van der Waals surface area contributed by atoms with Crippen LogP contribution in [0.3, 0.4) is 0 Å². The van der Waals surface area contributed by atoms with Crippen LogP contribution in [0.15, 0.2) is 48.7 Å². The van der Waals surface area contributed by atoms with Crippen LogP contribution in [0, 0.1) is 11.3 Å². The first-order chi connectivity index (χ1) is 13.5. The molecule has 0 fully saturated rings. The fourth-order valence-corrected chi connectivity index (χ4v) is 3.36. The quantitative estimate of drug-likeness (QED) is 0.541. The zero-order chi connectivity index (χ0) is 20.0. The summed E-state index contributed by atoms with van der Waals surface area (Å²) >= 11 is 0. The van der Waals surface area contributed by atoms with Crippen LogP contribution in [-0.4, -0.2) is 29.2 Å². The minimum atomic E-state index is -0.718. The van der Waals surface area contributed by atoms with E-state index >= 15 is 0 Å². The van der Waals surface area contributed by atoms with Crippen LogP contribution in [0.5, 0.6) is 0 Å². The third-order valence-corrected chi connectivity index (χ3v) is 4.73. The number of nitriles is 1. The van der Waals surface area contributed by atoms with Gasteiger partial charge in [-0.05, 0) is 18.2 Å². The number of aromatic nitrogens is 1. The van der Waals surface area contributed by atoms with Gasteiger partial charge in [0.1, 0.15) is 6.07 Å². The van der Waals surface area contributed by atoms with E-state index in [0.717, 1.165) is 0 Å². The lowest BCUT2D eigenvalue weighted by Gasteiger charge is -2.18. The van der Waals surface area contributed by atoms with Gasteiger partial charge in [-0.25, -0.2) is 4.79 Å². The number of anilines is 1. The second-order valence-electron chi connectivity index (χ2n) is 6.21. The lowest BCUT2D eigenvalue weighted by molar-refractivity contribution is 0.0592. The Hall–Kier alpha value is -4.18. The number of carbonyl (C=O) groups is 3. The molecule has 0 saturated heterocycles. The number of carbonyl (C=O) groups excluding carboxylic acids is 3. The predicted octanol–water partition coefficient (Wildman–Crippen LogP) is 2.49. The maximum absolute atomic E-state index is 12.9. The zero-order valence-corrected chi connectivity index (χ0v) is 14.7. The van der Waals surface area contributed by atoms with Gasteiger partial charge in [-0.2, -0.15) is 5.26 Å². The molecule has 0 spiro atoms. The van der Waals surface area contributed by atoms with Crippen molar-refractivity contribution in [1.29, 1.82) is 5.26 Å². The highest BCUT2D eigenvalue weighted by molar-refractivity contribution is 6.28. The van der Waals surface area contributed by atoms with E-state index in [4.69, 9.17) is 10.5 Å². The Morgan fingerprint density at radius 1 is 1.04 bits per heavy atom. The fraction of sp³-hybridized carbons (Fsp3) is 0.0476. The van der Waals surface area contributed by atoms with Gasteiger partial charge in [0.05, 0.1) is 18.4 Å². The normalized spacial score (nSPS) is 12.1. The third-order valence-electron chi connectivity index (χ3n) is 4.73. The molecule has 0 amide bonds. The van der Waals surface area contributed by atoms with Crippen LogP contribution in [0.1, 0.15) is 47.9 Å². The van der Waals surface area contributed by atoms with Gasteiger partial charge in [0, 0.05) is 34.1 Å². The van der Waals surface area contributed by atoms with E-state index in [1.54, 1.807) is 30.3 Å². The van der Waals surface area contributed by atoms with Crippen LogP contribution < -0.4 is 5.73 Å². The molecule has 1 aliphatic rings. The Kier molecular flexibility index (Phi) is 3.83. The Morgan fingerprint density at radius 2 is 1.64 bits per heavy atom. The number of esters is 1. The zero-order valence-electron chi connectivity index (χ0n) is 14.7. The Bertz CT molecular complexity index is 1230. The third kappa shape index (κ3) is 2.32. The first-order valence-electron chi connectivity index (χ1n) is 8.30. The number of nitrogen functional groups attached to an aromatic ring is 1. The van der Waals surface area contributed by atoms with Crippen LogP contribution >= 0.6 is 0 Å². The molecule has 4 rings (SSSR count). The second kappa shape index (κ2) is 6.21. The number of fused-ring (bicyclic) bond motifs is 2. The topological polar surface area (TPSA) is 115 Å². The molecule has 2 N–H and O–H groups in total. The van der Waals surface area contributed by atoms with E-state index in [0.29, 0.717) is 16.8 Å². The van der Waals surface area contributed by atoms with Crippen molar-refractivity contribution in [2.45, 2.75) is 0 Å². The monoisotopic (exact) mass is 371 g/mol. The number of ether oxygens (including phenoxy) is 1. The van der Waals surface area contributed by atoms with Crippen LogP contribution in [0.25, 0.3) is 5.69 Å². The van der Waals surface area contributed by atoms with Crippen LogP contribution in [0.2, 0.25) is 0 Å². The van der Waals surface area contributed by atoms with Crippen molar-refractivity contribution >= 4 is 23.2 Å². The maximum Gasteiger partial charge on any atom is 0.357 e. The SMILES string of the molecule is COC(=O)c1c(N)c(C#N)cn1-c1ccc2c(c1)C(=O)c1ccccc1C2=O. The molecule has 0 radical (unpaired) electrons. The fourth-order valence-electron chi connectivity index (χ4n) is 3.36. The molecular weight excluding hydrogens is 358 g/mol. The summed E-state index contributed by atoms with van der Waals surface area (Å²) in [7, 11) is 1.21. The van der Waals surface area contributed by atoms with Crippen LogP contribution in [0.4, 0.5) is 5.69 Å². The predicted molar refractivity (Wildman–Crippen MR) is 99.5 cm³/mol. The molecule has 7 nitrogen and oxygen atoms in total. The van der Waals surface area contributed by atoms with Crippen molar-refractivity contribution in [2.24, 2.45) is 0 Å². The Morgan fingerprint density at radius 3 is 2.25 bits per heavy atom. The summed E-state index contributed by atoms with van der Waals surface area (Å²) in [5.74, 6) is -1.24. The summed E-state index contributed by atoms with van der Waals surface area (Å²) in [6.07, 6.45) is 1.40. The summed E-state index contributed by atoms with van der Waals surface area (Å²) < 4.78 is 6.15. The first kappa shape index (κ1) is 17.2. The lowest BCUT2D eigenvalue weighted by Crippen LogP contribution is -2.21. The van der Waals surface area contributed by atoms with Crippen molar-refractivity contribution in [1.82, 2.24) is 4.57 Å². The maximum atomic E-state index is 12.9. The van der Waals surface area contributed by atoms with Crippen molar-refractivity contribution in [3.8, 4) is 11.8 Å². The smallest absolute Gasteiger partial charge is 0.357 e. The van der Waals surface area contributed by atoms with Crippen molar-refractivity contribution in [3.63, 3.8) is 0 Å². The standard InChI is InChI=1S/C21H13N3O4/c1-28-21(27)18-17(23)11(9-22)10-24(18)12-6-7-15-16(8-12)20(26)14-5-3-2-4-13(14)19(15)25/h2-8,10H,23H2,1H3. The molecule has 1 heterocycles. The minimum Gasteiger partial charge on any atom is -0.464 e. The van der Waals surface area contributed by atoms with E-state index in [1.807, 2.05) is 6.07 Å². The number of rotatable bonds is 2. The number of hydrogen-bond donors (Lipinski definition) is 1. The highest BCUT2D eigenvalue weighted by Gasteiger charge is 2.30. The molecule has 28 heavy (non-hydrogen) atoms.